The molecule has 0 aromatic carbocycles. The standard InChI is InChI=1S/C17H21N5O/c1-3-18-4-2-14(1)10-21-5-6-22-12-16(7-15(22)11-21)23-17-8-19-13-20-9-17/h1-4,8-9,13,15-16H,5-7,10-12H2/t15-,16+/m0/s1. The van der Waals surface area contributed by atoms with Gasteiger partial charge in [0, 0.05) is 57.6 Å². The number of piperazine rings is 1. The Morgan fingerprint density at radius 2 is 1.87 bits per heavy atom. The zero-order valence-electron chi connectivity index (χ0n) is 13.1. The van der Waals surface area contributed by atoms with E-state index in [9.17, 15) is 0 Å². The van der Waals surface area contributed by atoms with Gasteiger partial charge in [-0.05, 0) is 17.7 Å². The fourth-order valence-corrected chi connectivity index (χ4v) is 3.57. The predicted octanol–water partition coefficient (Wildman–Crippen LogP) is 1.21. The first-order chi connectivity index (χ1) is 11.4. The molecule has 23 heavy (non-hydrogen) atoms. The van der Waals surface area contributed by atoms with Crippen molar-refractivity contribution in [3.8, 4) is 5.75 Å². The largest absolute Gasteiger partial charge is 0.486 e. The van der Waals surface area contributed by atoms with Gasteiger partial charge < -0.3 is 4.74 Å². The van der Waals surface area contributed by atoms with E-state index < -0.39 is 0 Å². The minimum Gasteiger partial charge on any atom is -0.486 e. The number of ether oxygens (including phenoxy) is 1. The molecule has 0 radical (unpaired) electrons. The Kier molecular flexibility index (Phi) is 4.17. The lowest BCUT2D eigenvalue weighted by atomic mass is 10.1. The maximum absolute atomic E-state index is 6.03. The van der Waals surface area contributed by atoms with E-state index in [1.807, 2.05) is 12.4 Å². The summed E-state index contributed by atoms with van der Waals surface area (Å²) in [5, 5.41) is 0. The van der Waals surface area contributed by atoms with E-state index in [4.69, 9.17) is 4.74 Å². The minimum absolute atomic E-state index is 0.242. The van der Waals surface area contributed by atoms with E-state index in [-0.39, 0.29) is 6.10 Å². The molecule has 2 atom stereocenters. The van der Waals surface area contributed by atoms with Crippen LogP contribution in [0.4, 0.5) is 0 Å². The Balaban J connectivity index is 1.33. The van der Waals surface area contributed by atoms with Gasteiger partial charge in [-0.2, -0.15) is 0 Å². The van der Waals surface area contributed by atoms with Crippen LogP contribution in [0, 0.1) is 0 Å². The summed E-state index contributed by atoms with van der Waals surface area (Å²) in [7, 11) is 0. The maximum Gasteiger partial charge on any atom is 0.156 e. The smallest absolute Gasteiger partial charge is 0.156 e. The van der Waals surface area contributed by atoms with Gasteiger partial charge in [-0.25, -0.2) is 9.97 Å². The first-order valence-corrected chi connectivity index (χ1v) is 8.14. The zero-order chi connectivity index (χ0) is 15.5. The third-order valence-corrected chi connectivity index (χ3v) is 4.66. The summed E-state index contributed by atoms with van der Waals surface area (Å²) < 4.78 is 6.03. The van der Waals surface area contributed by atoms with Crippen LogP contribution in [0.1, 0.15) is 12.0 Å². The molecule has 0 saturated carbocycles. The van der Waals surface area contributed by atoms with Gasteiger partial charge in [-0.3, -0.25) is 14.8 Å². The molecule has 0 unspecified atom stereocenters. The molecular weight excluding hydrogens is 290 g/mol. The summed E-state index contributed by atoms with van der Waals surface area (Å²) in [6, 6.07) is 4.78. The predicted molar refractivity (Wildman–Crippen MR) is 85.9 cm³/mol. The Morgan fingerprint density at radius 3 is 2.70 bits per heavy atom. The molecule has 0 aliphatic carbocycles. The van der Waals surface area contributed by atoms with Gasteiger partial charge >= 0.3 is 0 Å². The topological polar surface area (TPSA) is 54.4 Å². The van der Waals surface area contributed by atoms with E-state index in [0.29, 0.717) is 6.04 Å². The van der Waals surface area contributed by atoms with Crippen LogP contribution in [-0.4, -0.2) is 63.1 Å². The normalized spacial score (nSPS) is 25.2. The highest BCUT2D eigenvalue weighted by atomic mass is 16.5. The number of fused-ring (bicyclic) bond motifs is 1. The van der Waals surface area contributed by atoms with Crippen molar-refractivity contribution in [1.82, 2.24) is 24.8 Å². The summed E-state index contributed by atoms with van der Waals surface area (Å²) in [6.45, 7) is 5.34. The van der Waals surface area contributed by atoms with E-state index in [1.165, 1.54) is 11.9 Å². The fourth-order valence-electron chi connectivity index (χ4n) is 3.57. The number of aromatic nitrogens is 3. The van der Waals surface area contributed by atoms with Crippen molar-refractivity contribution >= 4 is 0 Å². The Hall–Kier alpha value is -2.05. The Bertz CT molecular complexity index is 584. The van der Waals surface area contributed by atoms with Crippen LogP contribution < -0.4 is 4.74 Å². The molecule has 4 heterocycles. The van der Waals surface area contributed by atoms with Gasteiger partial charge in [0.25, 0.3) is 0 Å². The molecule has 0 amide bonds. The quantitative estimate of drug-likeness (QED) is 0.846. The lowest BCUT2D eigenvalue weighted by Crippen LogP contribution is -2.49. The second-order valence-corrected chi connectivity index (χ2v) is 6.29. The van der Waals surface area contributed by atoms with Crippen LogP contribution in [0.15, 0.2) is 43.2 Å². The highest BCUT2D eigenvalue weighted by Gasteiger charge is 2.37. The van der Waals surface area contributed by atoms with Gasteiger partial charge in [0.15, 0.2) is 5.75 Å². The van der Waals surface area contributed by atoms with Crippen molar-refractivity contribution in [2.75, 3.05) is 26.2 Å². The SMILES string of the molecule is c1cc(CN2CCN3C[C@H](Oc4cncnc4)C[C@H]3C2)ccn1. The Labute approximate surface area is 136 Å². The van der Waals surface area contributed by atoms with Crippen molar-refractivity contribution in [2.24, 2.45) is 0 Å². The average Bonchev–Trinajstić information content (AvgIpc) is 2.98. The highest BCUT2D eigenvalue weighted by molar-refractivity contribution is 5.12. The van der Waals surface area contributed by atoms with Gasteiger partial charge in [0.2, 0.25) is 0 Å². The molecule has 2 aliphatic heterocycles. The summed E-state index contributed by atoms with van der Waals surface area (Å²) in [5.74, 6) is 0.769. The van der Waals surface area contributed by atoms with E-state index in [0.717, 1.165) is 44.9 Å². The van der Waals surface area contributed by atoms with Crippen molar-refractivity contribution < 1.29 is 4.74 Å². The Morgan fingerprint density at radius 1 is 1.04 bits per heavy atom. The molecule has 2 aliphatic rings. The lowest BCUT2D eigenvalue weighted by molar-refractivity contribution is 0.0978. The van der Waals surface area contributed by atoms with Crippen LogP contribution in [0.3, 0.4) is 0 Å². The van der Waals surface area contributed by atoms with Crippen LogP contribution >= 0.6 is 0 Å². The molecular formula is C17H21N5O. The summed E-state index contributed by atoms with van der Waals surface area (Å²) in [6.07, 6.45) is 10.1. The van der Waals surface area contributed by atoms with Gasteiger partial charge in [0.1, 0.15) is 12.4 Å². The molecule has 120 valence electrons. The first kappa shape index (κ1) is 14.5. The van der Waals surface area contributed by atoms with Crippen molar-refractivity contribution in [2.45, 2.75) is 25.1 Å². The fraction of sp³-hybridized carbons (Fsp3) is 0.471. The van der Waals surface area contributed by atoms with Gasteiger partial charge in [-0.15, -0.1) is 0 Å². The molecule has 2 aromatic heterocycles. The molecule has 2 saturated heterocycles. The van der Waals surface area contributed by atoms with Crippen molar-refractivity contribution in [3.63, 3.8) is 0 Å². The molecule has 0 bridgehead atoms. The monoisotopic (exact) mass is 311 g/mol. The van der Waals surface area contributed by atoms with E-state index >= 15 is 0 Å². The molecule has 0 spiro atoms. The molecule has 6 heteroatoms. The number of pyridine rings is 1. The maximum atomic E-state index is 6.03. The summed E-state index contributed by atoms with van der Waals surface area (Å²) in [5.41, 5.74) is 1.33. The zero-order valence-corrected chi connectivity index (χ0v) is 13.1. The minimum atomic E-state index is 0.242. The average molecular weight is 311 g/mol. The van der Waals surface area contributed by atoms with Gasteiger partial charge in [0.05, 0.1) is 12.4 Å². The number of rotatable bonds is 4. The third kappa shape index (κ3) is 3.48. The van der Waals surface area contributed by atoms with E-state index in [2.05, 4.69) is 36.9 Å². The molecule has 2 fully saturated rings. The van der Waals surface area contributed by atoms with Crippen LogP contribution in [0.2, 0.25) is 0 Å². The molecule has 2 aromatic rings. The van der Waals surface area contributed by atoms with E-state index in [1.54, 1.807) is 12.4 Å². The molecule has 6 nitrogen and oxygen atoms in total. The summed E-state index contributed by atoms with van der Waals surface area (Å²) in [4.78, 5) is 17.2. The molecule has 0 N–H and O–H groups in total. The number of nitrogens with zero attached hydrogens (tertiary/aromatic N) is 5. The number of hydrogen-bond donors (Lipinski definition) is 0. The van der Waals surface area contributed by atoms with Crippen LogP contribution in [0.25, 0.3) is 0 Å². The molecule has 4 rings (SSSR count). The summed E-state index contributed by atoms with van der Waals surface area (Å²) >= 11 is 0. The second-order valence-electron chi connectivity index (χ2n) is 6.29. The lowest BCUT2D eigenvalue weighted by Gasteiger charge is -2.37. The van der Waals surface area contributed by atoms with Crippen molar-refractivity contribution in [1.29, 1.82) is 0 Å². The third-order valence-electron chi connectivity index (χ3n) is 4.66. The number of hydrogen-bond acceptors (Lipinski definition) is 6. The second kappa shape index (κ2) is 6.60. The first-order valence-electron chi connectivity index (χ1n) is 8.14. The van der Waals surface area contributed by atoms with Crippen LogP contribution in [0.5, 0.6) is 5.75 Å². The van der Waals surface area contributed by atoms with Gasteiger partial charge in [-0.1, -0.05) is 0 Å². The highest BCUT2D eigenvalue weighted by Crippen LogP contribution is 2.25. The van der Waals surface area contributed by atoms with Crippen LogP contribution in [-0.2, 0) is 6.54 Å². The van der Waals surface area contributed by atoms with Crippen molar-refractivity contribution in [3.05, 3.63) is 48.8 Å².